The molecule has 0 aromatic rings. The van der Waals surface area contributed by atoms with E-state index in [1.54, 1.807) is 0 Å². The molecule has 0 aromatic carbocycles. The molecule has 1 aliphatic rings. The minimum atomic E-state index is -1.67. The first-order valence-corrected chi connectivity index (χ1v) is 7.64. The maximum atomic E-state index is 5.95. The van der Waals surface area contributed by atoms with Crippen molar-refractivity contribution in [3.05, 3.63) is 12.3 Å². The summed E-state index contributed by atoms with van der Waals surface area (Å²) in [6.45, 7) is 15.8. The molecule has 1 rings (SSSR count). The van der Waals surface area contributed by atoms with Crippen LogP contribution in [-0.2, 0) is 9.16 Å². The Bertz CT molecular complexity index is 211. The van der Waals surface area contributed by atoms with Crippen molar-refractivity contribution in [1.82, 2.24) is 0 Å². The monoisotopic (exact) mass is 200 g/mol. The average Bonchev–Trinajstić information content (AvgIpc) is 2.62. The van der Waals surface area contributed by atoms with E-state index in [1.807, 2.05) is 0 Å². The van der Waals surface area contributed by atoms with Crippen LogP contribution in [0.3, 0.4) is 0 Å². The van der Waals surface area contributed by atoms with Crippen molar-refractivity contribution < 1.29 is 9.16 Å². The maximum absolute atomic E-state index is 5.95. The highest BCUT2D eigenvalue weighted by Gasteiger charge is 2.41. The quantitative estimate of drug-likeness (QED) is 0.397. The van der Waals surface area contributed by atoms with Crippen LogP contribution in [0, 0.1) is 0 Å². The van der Waals surface area contributed by atoms with Gasteiger partial charge in [0.1, 0.15) is 11.9 Å². The van der Waals surface area contributed by atoms with Gasteiger partial charge in [0.2, 0.25) is 8.32 Å². The van der Waals surface area contributed by atoms with Gasteiger partial charge in [0, 0.05) is 0 Å². The van der Waals surface area contributed by atoms with Crippen molar-refractivity contribution in [3.8, 4) is 0 Å². The first-order valence-electron chi connectivity index (χ1n) is 4.73. The molecule has 1 fully saturated rings. The lowest BCUT2D eigenvalue weighted by atomic mass is 10.2. The van der Waals surface area contributed by atoms with Gasteiger partial charge in [-0.1, -0.05) is 27.4 Å². The molecule has 3 heteroatoms. The number of rotatable bonds is 3. The zero-order valence-electron chi connectivity index (χ0n) is 9.31. The standard InChI is InChI=1S/C10H20O2Si/c1-8(9-7-11-9)12-13(5,6)10(2,3)4/h9H,1,7H2,2-6H3/t9-/m0/s1. The smallest absolute Gasteiger partial charge is 0.250 e. The summed E-state index contributed by atoms with van der Waals surface area (Å²) >= 11 is 0. The number of epoxide rings is 1. The molecule has 1 heterocycles. The molecule has 1 aliphatic heterocycles. The molecule has 0 saturated carbocycles. The Morgan fingerprint density at radius 1 is 1.46 bits per heavy atom. The molecule has 0 radical (unpaired) electrons. The lowest BCUT2D eigenvalue weighted by molar-refractivity contribution is 0.321. The van der Waals surface area contributed by atoms with Gasteiger partial charge in [-0.05, 0) is 18.1 Å². The molecule has 1 atom stereocenters. The summed E-state index contributed by atoms with van der Waals surface area (Å²) < 4.78 is 11.1. The molecular formula is C10H20O2Si. The van der Waals surface area contributed by atoms with Gasteiger partial charge in [-0.2, -0.15) is 0 Å². The second-order valence-corrected chi connectivity index (χ2v) is 9.88. The van der Waals surface area contributed by atoms with Gasteiger partial charge in [0.15, 0.2) is 0 Å². The van der Waals surface area contributed by atoms with Crippen molar-refractivity contribution in [2.24, 2.45) is 0 Å². The third kappa shape index (κ3) is 2.58. The lowest BCUT2D eigenvalue weighted by Crippen LogP contribution is -2.40. The van der Waals surface area contributed by atoms with E-state index in [2.05, 4.69) is 40.4 Å². The van der Waals surface area contributed by atoms with E-state index in [0.717, 1.165) is 12.4 Å². The van der Waals surface area contributed by atoms with Crippen LogP contribution >= 0.6 is 0 Å². The van der Waals surface area contributed by atoms with E-state index in [9.17, 15) is 0 Å². The van der Waals surface area contributed by atoms with Gasteiger partial charge in [-0.15, -0.1) is 0 Å². The molecule has 0 aliphatic carbocycles. The Morgan fingerprint density at radius 3 is 2.23 bits per heavy atom. The normalized spacial score (nSPS) is 22.7. The number of hydrogen-bond acceptors (Lipinski definition) is 2. The molecule has 0 bridgehead atoms. The van der Waals surface area contributed by atoms with Crippen LogP contribution in [0.25, 0.3) is 0 Å². The van der Waals surface area contributed by atoms with Gasteiger partial charge < -0.3 is 9.16 Å². The van der Waals surface area contributed by atoms with E-state index < -0.39 is 8.32 Å². The Hall–Kier alpha value is -0.283. The van der Waals surface area contributed by atoms with Gasteiger partial charge in [0.25, 0.3) is 0 Å². The van der Waals surface area contributed by atoms with Crippen LogP contribution < -0.4 is 0 Å². The van der Waals surface area contributed by atoms with E-state index in [1.165, 1.54) is 0 Å². The Morgan fingerprint density at radius 2 is 1.92 bits per heavy atom. The first-order chi connectivity index (χ1) is 5.74. The predicted molar refractivity (Wildman–Crippen MR) is 57.2 cm³/mol. The van der Waals surface area contributed by atoms with Crippen molar-refractivity contribution in [2.75, 3.05) is 6.61 Å². The fraction of sp³-hybridized carbons (Fsp3) is 0.800. The molecular weight excluding hydrogens is 180 g/mol. The van der Waals surface area contributed by atoms with Gasteiger partial charge >= 0.3 is 0 Å². The second-order valence-electron chi connectivity index (χ2n) is 5.15. The van der Waals surface area contributed by atoms with Gasteiger partial charge in [-0.25, -0.2) is 0 Å². The van der Waals surface area contributed by atoms with Crippen LogP contribution in [0.5, 0.6) is 0 Å². The van der Waals surface area contributed by atoms with Gasteiger partial charge in [-0.3, -0.25) is 0 Å². The van der Waals surface area contributed by atoms with E-state index in [4.69, 9.17) is 9.16 Å². The van der Waals surface area contributed by atoms with Crippen LogP contribution in [0.2, 0.25) is 18.1 Å². The zero-order valence-corrected chi connectivity index (χ0v) is 10.3. The molecule has 0 spiro atoms. The van der Waals surface area contributed by atoms with Crippen molar-refractivity contribution in [3.63, 3.8) is 0 Å². The van der Waals surface area contributed by atoms with Crippen molar-refractivity contribution in [1.29, 1.82) is 0 Å². The highest BCUT2D eigenvalue weighted by molar-refractivity contribution is 6.74. The number of hydrogen-bond donors (Lipinski definition) is 0. The summed E-state index contributed by atoms with van der Waals surface area (Å²) in [5.41, 5.74) is 0. The third-order valence-electron chi connectivity index (χ3n) is 2.88. The summed E-state index contributed by atoms with van der Waals surface area (Å²) in [5, 5.41) is 0.241. The summed E-state index contributed by atoms with van der Waals surface area (Å²) in [6, 6.07) is 0. The molecule has 0 aromatic heterocycles. The van der Waals surface area contributed by atoms with E-state index in [0.29, 0.717) is 0 Å². The fourth-order valence-electron chi connectivity index (χ4n) is 0.781. The summed E-state index contributed by atoms with van der Waals surface area (Å²) in [5.74, 6) is 0.826. The summed E-state index contributed by atoms with van der Waals surface area (Å²) in [4.78, 5) is 0. The lowest BCUT2D eigenvalue weighted by Gasteiger charge is -2.36. The highest BCUT2D eigenvalue weighted by Crippen LogP contribution is 2.39. The number of ether oxygens (including phenoxy) is 1. The van der Waals surface area contributed by atoms with E-state index >= 15 is 0 Å². The Balaban J connectivity index is 2.55. The second kappa shape index (κ2) is 3.14. The van der Waals surface area contributed by atoms with Crippen LogP contribution in [-0.4, -0.2) is 21.0 Å². The van der Waals surface area contributed by atoms with Crippen molar-refractivity contribution >= 4 is 8.32 Å². The molecule has 0 N–H and O–H groups in total. The van der Waals surface area contributed by atoms with Crippen LogP contribution in [0.4, 0.5) is 0 Å². The molecule has 0 unspecified atom stereocenters. The van der Waals surface area contributed by atoms with Crippen LogP contribution in [0.1, 0.15) is 20.8 Å². The minimum absolute atomic E-state index is 0.175. The fourth-order valence-corrected chi connectivity index (χ4v) is 1.87. The first kappa shape index (κ1) is 10.8. The molecule has 0 amide bonds. The predicted octanol–water partition coefficient (Wildman–Crippen LogP) is 2.92. The Labute approximate surface area is 82.1 Å². The topological polar surface area (TPSA) is 21.8 Å². The van der Waals surface area contributed by atoms with Crippen LogP contribution in [0.15, 0.2) is 12.3 Å². The summed E-state index contributed by atoms with van der Waals surface area (Å²) in [6.07, 6.45) is 0.175. The molecule has 13 heavy (non-hydrogen) atoms. The van der Waals surface area contributed by atoms with E-state index in [-0.39, 0.29) is 11.1 Å². The molecule has 76 valence electrons. The third-order valence-corrected chi connectivity index (χ3v) is 7.27. The SMILES string of the molecule is C=C(O[Si](C)(C)C(C)(C)C)[C@@H]1CO1. The molecule has 2 nitrogen and oxygen atoms in total. The highest BCUT2D eigenvalue weighted by atomic mass is 28.4. The largest absolute Gasteiger partial charge is 0.545 e. The minimum Gasteiger partial charge on any atom is -0.545 e. The zero-order chi connectivity index (χ0) is 10.3. The summed E-state index contributed by atoms with van der Waals surface area (Å²) in [7, 11) is -1.67. The average molecular weight is 200 g/mol. The maximum Gasteiger partial charge on any atom is 0.250 e. The van der Waals surface area contributed by atoms with Crippen molar-refractivity contribution in [2.45, 2.75) is 45.0 Å². The van der Waals surface area contributed by atoms with Gasteiger partial charge in [0.05, 0.1) is 6.61 Å². The molecule has 1 saturated heterocycles. The Kier molecular flexibility index (Phi) is 2.60.